The number of nitrogens with zero attached hydrogens (tertiary/aromatic N) is 1. The van der Waals surface area contributed by atoms with Gasteiger partial charge in [0.1, 0.15) is 17.1 Å². The average molecular weight is 382 g/mol. The fraction of sp³-hybridized carbons (Fsp3) is 0.364. The number of rotatable bonds is 5. The molecule has 2 aromatic rings. The molecule has 0 radical (unpaired) electrons. The molecule has 0 unspecified atom stereocenters. The van der Waals surface area contributed by atoms with Gasteiger partial charge in [-0.15, -0.1) is 0 Å². The highest BCUT2D eigenvalue weighted by atomic mass is 16.5. The molecule has 0 atom stereocenters. The van der Waals surface area contributed by atoms with Crippen molar-refractivity contribution in [3.8, 4) is 11.5 Å². The second-order valence-electron chi connectivity index (χ2n) is 6.96. The van der Waals surface area contributed by atoms with Crippen LogP contribution in [0.4, 0.5) is 5.69 Å². The first kappa shape index (κ1) is 19.7. The first-order chi connectivity index (χ1) is 13.5. The van der Waals surface area contributed by atoms with Crippen molar-refractivity contribution in [1.29, 1.82) is 0 Å². The van der Waals surface area contributed by atoms with Crippen LogP contribution in [0.15, 0.2) is 42.5 Å². The standard InChI is InChI=1S/C22H26N2O4/c1-15-7-9-17(10-8-15)23-21(25)16-11-13-24(14-12-16)22(26)20-18(27-2)5-4-6-19(20)28-3/h4-10,16H,11-14H2,1-3H3,(H,23,25). The van der Waals surface area contributed by atoms with E-state index in [2.05, 4.69) is 5.32 Å². The lowest BCUT2D eigenvalue weighted by Crippen LogP contribution is -2.41. The third-order valence-electron chi connectivity index (χ3n) is 5.11. The number of benzene rings is 2. The van der Waals surface area contributed by atoms with Crippen LogP contribution in [0.2, 0.25) is 0 Å². The molecule has 6 nitrogen and oxygen atoms in total. The molecule has 1 aliphatic heterocycles. The van der Waals surface area contributed by atoms with E-state index < -0.39 is 0 Å². The van der Waals surface area contributed by atoms with Gasteiger partial charge in [0.2, 0.25) is 5.91 Å². The highest BCUT2D eigenvalue weighted by Crippen LogP contribution is 2.31. The minimum atomic E-state index is -0.133. The van der Waals surface area contributed by atoms with Crippen LogP contribution in [-0.4, -0.2) is 44.0 Å². The minimum absolute atomic E-state index is 0.00539. The van der Waals surface area contributed by atoms with Crippen LogP contribution in [0.1, 0.15) is 28.8 Å². The van der Waals surface area contributed by atoms with E-state index in [1.165, 1.54) is 14.2 Å². The first-order valence-corrected chi connectivity index (χ1v) is 9.41. The second-order valence-corrected chi connectivity index (χ2v) is 6.96. The summed E-state index contributed by atoms with van der Waals surface area (Å²) in [6.07, 6.45) is 1.25. The van der Waals surface area contributed by atoms with Gasteiger partial charge in [0.05, 0.1) is 14.2 Å². The SMILES string of the molecule is COc1cccc(OC)c1C(=O)N1CCC(C(=O)Nc2ccc(C)cc2)CC1. The van der Waals surface area contributed by atoms with Crippen LogP contribution in [0.5, 0.6) is 11.5 Å². The summed E-state index contributed by atoms with van der Waals surface area (Å²) in [6, 6.07) is 13.0. The summed E-state index contributed by atoms with van der Waals surface area (Å²) < 4.78 is 10.7. The third-order valence-corrected chi connectivity index (χ3v) is 5.11. The van der Waals surface area contributed by atoms with Gasteiger partial charge in [0, 0.05) is 24.7 Å². The number of hydrogen-bond acceptors (Lipinski definition) is 4. The number of carbonyl (C=O) groups excluding carboxylic acids is 2. The van der Waals surface area contributed by atoms with Gasteiger partial charge in [-0.3, -0.25) is 9.59 Å². The van der Waals surface area contributed by atoms with Crippen molar-refractivity contribution in [3.05, 3.63) is 53.6 Å². The third kappa shape index (κ3) is 4.27. The molecule has 0 aromatic heterocycles. The van der Waals surface area contributed by atoms with Crippen LogP contribution in [0.25, 0.3) is 0 Å². The number of amides is 2. The number of likely N-dealkylation sites (tertiary alicyclic amines) is 1. The zero-order chi connectivity index (χ0) is 20.1. The maximum atomic E-state index is 13.0. The molecule has 6 heteroatoms. The first-order valence-electron chi connectivity index (χ1n) is 9.41. The number of aryl methyl sites for hydroxylation is 1. The van der Waals surface area contributed by atoms with Crippen LogP contribution in [0, 0.1) is 12.8 Å². The number of methoxy groups -OCH3 is 2. The molecule has 0 aliphatic carbocycles. The smallest absolute Gasteiger partial charge is 0.261 e. The van der Waals surface area contributed by atoms with Crippen molar-refractivity contribution in [3.63, 3.8) is 0 Å². The molecule has 2 amide bonds. The zero-order valence-electron chi connectivity index (χ0n) is 16.5. The average Bonchev–Trinajstić information content (AvgIpc) is 2.74. The van der Waals surface area contributed by atoms with Crippen molar-refractivity contribution in [2.75, 3.05) is 32.6 Å². The maximum Gasteiger partial charge on any atom is 0.261 e. The molecule has 28 heavy (non-hydrogen) atoms. The zero-order valence-corrected chi connectivity index (χ0v) is 16.5. The van der Waals surface area contributed by atoms with Crippen molar-refractivity contribution in [2.24, 2.45) is 5.92 Å². The van der Waals surface area contributed by atoms with E-state index in [1.54, 1.807) is 23.1 Å². The van der Waals surface area contributed by atoms with E-state index in [-0.39, 0.29) is 17.7 Å². The van der Waals surface area contributed by atoms with Crippen molar-refractivity contribution in [2.45, 2.75) is 19.8 Å². The van der Waals surface area contributed by atoms with E-state index in [9.17, 15) is 9.59 Å². The fourth-order valence-corrected chi connectivity index (χ4v) is 3.45. The maximum absolute atomic E-state index is 13.0. The Morgan fingerprint density at radius 2 is 1.54 bits per heavy atom. The summed E-state index contributed by atoms with van der Waals surface area (Å²) in [4.78, 5) is 27.3. The van der Waals surface area contributed by atoms with Crippen molar-refractivity contribution in [1.82, 2.24) is 4.90 Å². The van der Waals surface area contributed by atoms with Crippen LogP contribution >= 0.6 is 0 Å². The van der Waals surface area contributed by atoms with E-state index in [0.29, 0.717) is 43.0 Å². The van der Waals surface area contributed by atoms with Gasteiger partial charge in [-0.2, -0.15) is 0 Å². The Labute approximate surface area is 165 Å². The number of carbonyl (C=O) groups is 2. The summed E-state index contributed by atoms with van der Waals surface area (Å²) in [6.45, 7) is 3.05. The number of nitrogens with one attached hydrogen (secondary N) is 1. The van der Waals surface area contributed by atoms with Crippen LogP contribution < -0.4 is 14.8 Å². The molecule has 1 aliphatic rings. The summed E-state index contributed by atoms with van der Waals surface area (Å²) in [5.41, 5.74) is 2.37. The second kappa shape index (κ2) is 8.78. The summed E-state index contributed by atoms with van der Waals surface area (Å²) in [5.74, 6) is 0.745. The summed E-state index contributed by atoms with van der Waals surface area (Å²) in [7, 11) is 3.07. The van der Waals surface area contributed by atoms with Gasteiger partial charge in [-0.05, 0) is 44.0 Å². The number of hydrogen-bond donors (Lipinski definition) is 1. The number of ether oxygens (including phenoxy) is 2. The van der Waals surface area contributed by atoms with E-state index in [0.717, 1.165) is 11.3 Å². The van der Waals surface area contributed by atoms with Gasteiger partial charge >= 0.3 is 0 Å². The highest BCUT2D eigenvalue weighted by Gasteiger charge is 2.30. The molecule has 0 spiro atoms. The Morgan fingerprint density at radius 3 is 2.07 bits per heavy atom. The van der Waals surface area contributed by atoms with Gasteiger partial charge in [0.25, 0.3) is 5.91 Å². The lowest BCUT2D eigenvalue weighted by Gasteiger charge is -2.32. The van der Waals surface area contributed by atoms with E-state index in [1.807, 2.05) is 31.2 Å². The van der Waals surface area contributed by atoms with Gasteiger partial charge in [0.15, 0.2) is 0 Å². The lowest BCUT2D eigenvalue weighted by atomic mass is 9.95. The van der Waals surface area contributed by atoms with Gasteiger partial charge < -0.3 is 19.7 Å². The van der Waals surface area contributed by atoms with Crippen LogP contribution in [0.3, 0.4) is 0 Å². The normalized spacial score (nSPS) is 14.5. The molecule has 0 saturated carbocycles. The monoisotopic (exact) mass is 382 g/mol. The number of piperidine rings is 1. The molecule has 3 rings (SSSR count). The Kier molecular flexibility index (Phi) is 6.19. The molecular formula is C22H26N2O4. The summed E-state index contributed by atoms with van der Waals surface area (Å²) in [5, 5.41) is 2.97. The topological polar surface area (TPSA) is 67.9 Å². The van der Waals surface area contributed by atoms with Crippen molar-refractivity contribution >= 4 is 17.5 Å². The molecule has 0 bridgehead atoms. The quantitative estimate of drug-likeness (QED) is 0.859. The van der Waals surface area contributed by atoms with Gasteiger partial charge in [-0.1, -0.05) is 23.8 Å². The molecule has 148 valence electrons. The minimum Gasteiger partial charge on any atom is -0.496 e. The predicted octanol–water partition coefficient (Wildman–Crippen LogP) is 3.50. The Bertz CT molecular complexity index is 818. The lowest BCUT2D eigenvalue weighted by molar-refractivity contribution is -0.121. The fourth-order valence-electron chi connectivity index (χ4n) is 3.45. The van der Waals surface area contributed by atoms with Crippen molar-refractivity contribution < 1.29 is 19.1 Å². The predicted molar refractivity (Wildman–Crippen MR) is 108 cm³/mol. The molecule has 1 saturated heterocycles. The molecule has 1 heterocycles. The summed E-state index contributed by atoms with van der Waals surface area (Å²) >= 11 is 0. The van der Waals surface area contributed by atoms with Crippen LogP contribution in [-0.2, 0) is 4.79 Å². The highest BCUT2D eigenvalue weighted by molar-refractivity contribution is 6.00. The Hall–Kier alpha value is -3.02. The Morgan fingerprint density at radius 1 is 0.964 bits per heavy atom. The molecular weight excluding hydrogens is 356 g/mol. The van der Waals surface area contributed by atoms with Gasteiger partial charge in [-0.25, -0.2) is 0 Å². The number of anilines is 1. The molecule has 1 N–H and O–H groups in total. The Balaban J connectivity index is 1.63. The van der Waals surface area contributed by atoms with E-state index in [4.69, 9.17) is 9.47 Å². The molecule has 2 aromatic carbocycles. The molecule has 1 fully saturated rings. The largest absolute Gasteiger partial charge is 0.496 e. The van der Waals surface area contributed by atoms with E-state index >= 15 is 0 Å².